The first-order valence-corrected chi connectivity index (χ1v) is 9.81. The molecule has 8 heteroatoms. The summed E-state index contributed by atoms with van der Waals surface area (Å²) in [6.07, 6.45) is 2.92. The van der Waals surface area contributed by atoms with Crippen molar-refractivity contribution in [2.45, 2.75) is 57.7 Å². The predicted molar refractivity (Wildman–Crippen MR) is 104 cm³/mol. The largest absolute Gasteiger partial charge is 0.336 e. The Balaban J connectivity index is 1.83. The van der Waals surface area contributed by atoms with Crippen LogP contribution < -0.4 is 5.32 Å². The molecule has 0 radical (unpaired) electrons. The van der Waals surface area contributed by atoms with Gasteiger partial charge in [0.1, 0.15) is 12.1 Å². The van der Waals surface area contributed by atoms with Gasteiger partial charge in [-0.05, 0) is 52.2 Å². The molecular weight excluding hydrogens is 389 g/mol. The van der Waals surface area contributed by atoms with Crippen molar-refractivity contribution in [3.05, 3.63) is 33.8 Å². The van der Waals surface area contributed by atoms with E-state index in [1.807, 2.05) is 13.8 Å². The molecule has 4 amide bonds. The molecular formula is C19H23Cl2N3O3. The fourth-order valence-corrected chi connectivity index (χ4v) is 4.65. The van der Waals surface area contributed by atoms with Crippen LogP contribution in [0.4, 0.5) is 4.79 Å². The Hall–Kier alpha value is -1.79. The molecule has 0 aliphatic carbocycles. The van der Waals surface area contributed by atoms with Gasteiger partial charge in [0.25, 0.3) is 5.91 Å². The minimum atomic E-state index is -1.34. The van der Waals surface area contributed by atoms with Gasteiger partial charge in [0.2, 0.25) is 5.91 Å². The molecule has 1 aromatic carbocycles. The number of nitrogens with one attached hydrogen (secondary N) is 1. The number of benzene rings is 1. The van der Waals surface area contributed by atoms with Crippen molar-refractivity contribution < 1.29 is 14.4 Å². The molecule has 0 saturated carbocycles. The lowest BCUT2D eigenvalue weighted by Crippen LogP contribution is -2.52. The molecule has 146 valence electrons. The summed E-state index contributed by atoms with van der Waals surface area (Å²) in [4.78, 5) is 41.1. The molecule has 0 bridgehead atoms. The second kappa shape index (κ2) is 7.32. The van der Waals surface area contributed by atoms with Gasteiger partial charge in [0, 0.05) is 27.7 Å². The first kappa shape index (κ1) is 20.0. The highest BCUT2D eigenvalue weighted by Crippen LogP contribution is 2.35. The number of hydrogen-bond donors (Lipinski definition) is 1. The van der Waals surface area contributed by atoms with Crippen LogP contribution in [0.3, 0.4) is 0 Å². The summed E-state index contributed by atoms with van der Waals surface area (Å²) in [7, 11) is 0. The summed E-state index contributed by atoms with van der Waals surface area (Å²) in [6.45, 7) is 5.30. The van der Waals surface area contributed by atoms with Crippen molar-refractivity contribution in [3.8, 4) is 0 Å². The van der Waals surface area contributed by atoms with Crippen LogP contribution in [-0.4, -0.2) is 46.3 Å². The van der Waals surface area contributed by atoms with Gasteiger partial charge < -0.3 is 10.2 Å². The number of urea groups is 1. The normalized spacial score (nSPS) is 28.5. The monoisotopic (exact) mass is 411 g/mol. The topological polar surface area (TPSA) is 69.7 Å². The highest BCUT2D eigenvalue weighted by atomic mass is 35.5. The van der Waals surface area contributed by atoms with Crippen LogP contribution in [0.2, 0.25) is 10.0 Å². The van der Waals surface area contributed by atoms with Crippen LogP contribution in [0.15, 0.2) is 18.2 Å². The van der Waals surface area contributed by atoms with E-state index in [9.17, 15) is 14.4 Å². The maximum Gasteiger partial charge on any atom is 0.325 e. The Bertz CT molecular complexity index is 790. The number of halogens is 2. The van der Waals surface area contributed by atoms with E-state index in [1.165, 1.54) is 6.07 Å². The molecule has 1 N–H and O–H groups in total. The highest BCUT2D eigenvalue weighted by Gasteiger charge is 2.51. The van der Waals surface area contributed by atoms with Gasteiger partial charge in [-0.15, -0.1) is 0 Å². The number of imide groups is 1. The Kier molecular flexibility index (Phi) is 5.41. The molecule has 27 heavy (non-hydrogen) atoms. The number of piperidine rings is 1. The van der Waals surface area contributed by atoms with Gasteiger partial charge in [-0.2, -0.15) is 0 Å². The highest BCUT2D eigenvalue weighted by molar-refractivity contribution is 6.35. The lowest BCUT2D eigenvalue weighted by atomic mass is 9.92. The van der Waals surface area contributed by atoms with Gasteiger partial charge >= 0.3 is 6.03 Å². The molecule has 2 heterocycles. The summed E-state index contributed by atoms with van der Waals surface area (Å²) >= 11 is 12.2. The van der Waals surface area contributed by atoms with Crippen LogP contribution >= 0.6 is 23.2 Å². The molecule has 2 saturated heterocycles. The predicted octanol–water partition coefficient (Wildman–Crippen LogP) is 3.55. The maximum absolute atomic E-state index is 13.0. The summed E-state index contributed by atoms with van der Waals surface area (Å²) in [6, 6.07) is 4.34. The minimum Gasteiger partial charge on any atom is -0.336 e. The molecule has 3 atom stereocenters. The van der Waals surface area contributed by atoms with Crippen LogP contribution in [0, 0.1) is 0 Å². The van der Waals surface area contributed by atoms with E-state index in [0.717, 1.165) is 24.2 Å². The van der Waals surface area contributed by atoms with E-state index in [2.05, 4.69) is 5.32 Å². The standard InChI is InChI=1S/C19H23Cl2N3O3/c1-11-5-4-6-12(2)24(11)16(25)10-23-17(26)19(3,22-18(23)27)14-8-7-13(20)9-15(14)21/h7-9,11-12H,4-6,10H2,1-3H3,(H,22,27). The van der Waals surface area contributed by atoms with Gasteiger partial charge in [-0.1, -0.05) is 29.3 Å². The maximum atomic E-state index is 13.0. The number of hydrogen-bond acceptors (Lipinski definition) is 3. The van der Waals surface area contributed by atoms with E-state index in [-0.39, 0.29) is 29.6 Å². The number of rotatable bonds is 3. The summed E-state index contributed by atoms with van der Waals surface area (Å²) < 4.78 is 0. The van der Waals surface area contributed by atoms with Crippen molar-refractivity contribution in [3.63, 3.8) is 0 Å². The summed E-state index contributed by atoms with van der Waals surface area (Å²) in [5.74, 6) is -0.716. The molecule has 3 unspecified atom stereocenters. The van der Waals surface area contributed by atoms with Crippen molar-refractivity contribution in [1.82, 2.24) is 15.1 Å². The van der Waals surface area contributed by atoms with Crippen LogP contribution in [0.5, 0.6) is 0 Å². The molecule has 2 aliphatic rings. The third-order valence-electron chi connectivity index (χ3n) is 5.52. The quantitative estimate of drug-likeness (QED) is 0.772. The lowest BCUT2D eigenvalue weighted by Gasteiger charge is -2.39. The Labute approximate surface area is 168 Å². The molecule has 0 aromatic heterocycles. The van der Waals surface area contributed by atoms with Crippen LogP contribution in [0.25, 0.3) is 0 Å². The zero-order valence-corrected chi connectivity index (χ0v) is 17.1. The van der Waals surface area contributed by atoms with E-state index in [4.69, 9.17) is 23.2 Å². The Morgan fingerprint density at radius 1 is 1.22 bits per heavy atom. The fraction of sp³-hybridized carbons (Fsp3) is 0.526. The van der Waals surface area contributed by atoms with E-state index in [1.54, 1.807) is 24.0 Å². The Morgan fingerprint density at radius 3 is 2.44 bits per heavy atom. The molecule has 0 spiro atoms. The van der Waals surface area contributed by atoms with Crippen molar-refractivity contribution in [1.29, 1.82) is 0 Å². The fourth-order valence-electron chi connectivity index (χ4n) is 4.05. The van der Waals surface area contributed by atoms with E-state index < -0.39 is 17.5 Å². The molecule has 6 nitrogen and oxygen atoms in total. The zero-order valence-electron chi connectivity index (χ0n) is 15.6. The van der Waals surface area contributed by atoms with E-state index in [0.29, 0.717) is 10.6 Å². The van der Waals surface area contributed by atoms with Gasteiger partial charge in [0.05, 0.1) is 0 Å². The number of carbonyl (C=O) groups excluding carboxylic acids is 3. The first-order valence-electron chi connectivity index (χ1n) is 9.06. The molecule has 2 aliphatic heterocycles. The van der Waals surface area contributed by atoms with Crippen LogP contribution in [0.1, 0.15) is 45.6 Å². The van der Waals surface area contributed by atoms with Crippen molar-refractivity contribution >= 4 is 41.0 Å². The lowest BCUT2D eigenvalue weighted by molar-refractivity contribution is -0.142. The van der Waals surface area contributed by atoms with Crippen LogP contribution in [-0.2, 0) is 15.1 Å². The number of nitrogens with zero attached hydrogens (tertiary/aromatic N) is 2. The SMILES string of the molecule is CC1CCCC(C)N1C(=O)CN1C(=O)NC(C)(c2ccc(Cl)cc2Cl)C1=O. The average Bonchev–Trinajstić information content (AvgIpc) is 2.78. The zero-order chi connectivity index (χ0) is 19.9. The number of amides is 4. The van der Waals surface area contributed by atoms with Gasteiger partial charge in [-0.25, -0.2) is 4.79 Å². The third kappa shape index (κ3) is 3.52. The summed E-state index contributed by atoms with van der Waals surface area (Å²) in [5, 5.41) is 3.39. The molecule has 3 rings (SSSR count). The van der Waals surface area contributed by atoms with Gasteiger partial charge in [0.15, 0.2) is 0 Å². The first-order chi connectivity index (χ1) is 12.6. The second-order valence-electron chi connectivity index (χ2n) is 7.50. The van der Waals surface area contributed by atoms with Crippen molar-refractivity contribution in [2.24, 2.45) is 0 Å². The Morgan fingerprint density at radius 2 is 1.85 bits per heavy atom. The van der Waals surface area contributed by atoms with Gasteiger partial charge in [-0.3, -0.25) is 14.5 Å². The second-order valence-corrected chi connectivity index (χ2v) is 8.34. The third-order valence-corrected chi connectivity index (χ3v) is 6.07. The molecule has 2 fully saturated rings. The number of likely N-dealkylation sites (tertiary alicyclic amines) is 1. The number of carbonyl (C=O) groups is 3. The summed E-state index contributed by atoms with van der Waals surface area (Å²) in [5.41, 5.74) is -0.889. The van der Waals surface area contributed by atoms with E-state index >= 15 is 0 Å². The van der Waals surface area contributed by atoms with Crippen molar-refractivity contribution in [2.75, 3.05) is 6.54 Å². The molecule has 1 aromatic rings. The minimum absolute atomic E-state index is 0.0964. The smallest absolute Gasteiger partial charge is 0.325 e. The average molecular weight is 412 g/mol.